The highest BCUT2D eigenvalue weighted by atomic mass is 32.2. The van der Waals surface area contributed by atoms with E-state index in [4.69, 9.17) is 5.73 Å². The highest BCUT2D eigenvalue weighted by Crippen LogP contribution is 2.21. The average molecular weight is 304 g/mol. The Balaban J connectivity index is 2.20. The smallest absolute Gasteiger partial charge is 0.228 e. The highest BCUT2D eigenvalue weighted by molar-refractivity contribution is 7.90. The second-order valence-corrected chi connectivity index (χ2v) is 6.68. The second-order valence-electron chi connectivity index (χ2n) is 4.69. The molecule has 0 aromatic heterocycles. The van der Waals surface area contributed by atoms with E-state index >= 15 is 0 Å². The number of rotatable bonds is 4. The molecule has 0 radical (unpaired) electrons. The van der Waals surface area contributed by atoms with Crippen LogP contribution in [0.5, 0.6) is 0 Å². The van der Waals surface area contributed by atoms with E-state index in [0.29, 0.717) is 11.3 Å². The fraction of sp³-hybridized carbons (Fsp3) is 0.133. The predicted molar refractivity (Wildman–Crippen MR) is 82.7 cm³/mol. The minimum absolute atomic E-state index is 0.0881. The van der Waals surface area contributed by atoms with Crippen molar-refractivity contribution >= 4 is 27.1 Å². The molecule has 5 nitrogen and oxygen atoms in total. The number of hydrogen-bond acceptors (Lipinski definition) is 4. The minimum Gasteiger partial charge on any atom is -0.398 e. The lowest BCUT2D eigenvalue weighted by atomic mass is 10.1. The Hall–Kier alpha value is -2.34. The van der Waals surface area contributed by atoms with Crippen molar-refractivity contribution in [3.8, 4) is 0 Å². The number of hydrogen-bond donors (Lipinski definition) is 2. The zero-order chi connectivity index (χ0) is 15.5. The van der Waals surface area contributed by atoms with Gasteiger partial charge in [-0.2, -0.15) is 0 Å². The first-order valence-electron chi connectivity index (χ1n) is 6.30. The van der Waals surface area contributed by atoms with Crippen molar-refractivity contribution in [2.24, 2.45) is 0 Å². The Bertz CT molecular complexity index is 770. The summed E-state index contributed by atoms with van der Waals surface area (Å²) < 4.78 is 23.4. The van der Waals surface area contributed by atoms with Gasteiger partial charge in [-0.1, -0.05) is 30.3 Å². The summed E-state index contributed by atoms with van der Waals surface area (Å²) in [6, 6.07) is 13.4. The molecule has 110 valence electrons. The lowest BCUT2D eigenvalue weighted by Gasteiger charge is -2.10. The van der Waals surface area contributed by atoms with Gasteiger partial charge in [0.05, 0.1) is 17.0 Å². The highest BCUT2D eigenvalue weighted by Gasteiger charge is 2.15. The quantitative estimate of drug-likeness (QED) is 0.844. The van der Waals surface area contributed by atoms with Crippen molar-refractivity contribution in [3.63, 3.8) is 0 Å². The molecule has 0 saturated carbocycles. The average Bonchev–Trinajstić information content (AvgIpc) is 2.41. The molecule has 0 atom stereocenters. The van der Waals surface area contributed by atoms with Crippen molar-refractivity contribution in [2.45, 2.75) is 11.3 Å². The predicted octanol–water partition coefficient (Wildman–Crippen LogP) is 1.85. The standard InChI is InChI=1S/C15H16N2O3S/c1-21(19,20)14-9-5-4-8-13(14)17-15(18)10-11-6-2-3-7-12(11)16/h2-9H,10,16H2,1H3,(H,17,18). The van der Waals surface area contributed by atoms with Gasteiger partial charge in [-0.05, 0) is 23.8 Å². The Labute approximate surface area is 123 Å². The molecule has 0 aliphatic carbocycles. The molecule has 0 saturated heterocycles. The third-order valence-corrected chi connectivity index (χ3v) is 4.12. The summed E-state index contributed by atoms with van der Waals surface area (Å²) in [7, 11) is -3.40. The molecule has 0 fully saturated rings. The Kier molecular flexibility index (Phi) is 4.28. The molecule has 0 spiro atoms. The Morgan fingerprint density at radius 2 is 1.71 bits per heavy atom. The van der Waals surface area contributed by atoms with E-state index in [9.17, 15) is 13.2 Å². The number of para-hydroxylation sites is 2. The zero-order valence-corrected chi connectivity index (χ0v) is 12.4. The fourth-order valence-corrected chi connectivity index (χ4v) is 2.80. The number of amides is 1. The summed E-state index contributed by atoms with van der Waals surface area (Å²) in [5, 5.41) is 2.62. The monoisotopic (exact) mass is 304 g/mol. The molecule has 0 bridgehead atoms. The summed E-state index contributed by atoms with van der Waals surface area (Å²) in [6.07, 6.45) is 1.19. The van der Waals surface area contributed by atoms with E-state index in [1.165, 1.54) is 6.07 Å². The summed E-state index contributed by atoms with van der Waals surface area (Å²) >= 11 is 0. The van der Waals surface area contributed by atoms with E-state index < -0.39 is 9.84 Å². The van der Waals surface area contributed by atoms with Crippen molar-refractivity contribution < 1.29 is 13.2 Å². The number of benzene rings is 2. The lowest BCUT2D eigenvalue weighted by Crippen LogP contribution is -2.17. The molecule has 0 heterocycles. The molecule has 2 aromatic carbocycles. The summed E-state index contributed by atoms with van der Waals surface area (Å²) in [5.41, 5.74) is 7.30. The van der Waals surface area contributed by atoms with Gasteiger partial charge in [-0.3, -0.25) is 4.79 Å². The summed E-state index contributed by atoms with van der Waals surface area (Å²) in [6.45, 7) is 0. The van der Waals surface area contributed by atoms with Crippen LogP contribution >= 0.6 is 0 Å². The van der Waals surface area contributed by atoms with Gasteiger partial charge in [0, 0.05) is 11.9 Å². The van der Waals surface area contributed by atoms with Gasteiger partial charge < -0.3 is 11.1 Å². The van der Waals surface area contributed by atoms with Crippen LogP contribution in [0.15, 0.2) is 53.4 Å². The molecule has 6 heteroatoms. The maximum atomic E-state index is 12.1. The summed E-state index contributed by atoms with van der Waals surface area (Å²) in [4.78, 5) is 12.1. The first-order chi connectivity index (χ1) is 9.88. The van der Waals surface area contributed by atoms with E-state index in [2.05, 4.69) is 5.32 Å². The number of nitrogens with one attached hydrogen (secondary N) is 1. The molecular formula is C15H16N2O3S. The van der Waals surface area contributed by atoms with Crippen LogP contribution in [0.1, 0.15) is 5.56 Å². The van der Waals surface area contributed by atoms with E-state index in [-0.39, 0.29) is 22.9 Å². The number of nitrogens with two attached hydrogens (primary N) is 1. The molecule has 21 heavy (non-hydrogen) atoms. The zero-order valence-electron chi connectivity index (χ0n) is 11.5. The van der Waals surface area contributed by atoms with Gasteiger partial charge in [0.25, 0.3) is 0 Å². The third-order valence-electron chi connectivity index (χ3n) is 2.97. The van der Waals surface area contributed by atoms with Gasteiger partial charge in [0.1, 0.15) is 0 Å². The van der Waals surface area contributed by atoms with Gasteiger partial charge in [-0.25, -0.2) is 8.42 Å². The molecular weight excluding hydrogens is 288 g/mol. The van der Waals surface area contributed by atoms with Gasteiger partial charge in [0.15, 0.2) is 9.84 Å². The molecule has 1 amide bonds. The van der Waals surface area contributed by atoms with Gasteiger partial charge >= 0.3 is 0 Å². The van der Waals surface area contributed by atoms with Crippen molar-refractivity contribution in [2.75, 3.05) is 17.3 Å². The maximum Gasteiger partial charge on any atom is 0.228 e. The Morgan fingerprint density at radius 3 is 2.38 bits per heavy atom. The van der Waals surface area contributed by atoms with Crippen molar-refractivity contribution in [3.05, 3.63) is 54.1 Å². The van der Waals surface area contributed by atoms with Crippen LogP contribution in [-0.2, 0) is 21.1 Å². The van der Waals surface area contributed by atoms with Crippen molar-refractivity contribution in [1.82, 2.24) is 0 Å². The SMILES string of the molecule is CS(=O)(=O)c1ccccc1NC(=O)Cc1ccccc1N. The Morgan fingerprint density at radius 1 is 1.10 bits per heavy atom. The van der Waals surface area contributed by atoms with Crippen molar-refractivity contribution in [1.29, 1.82) is 0 Å². The molecule has 0 unspecified atom stereocenters. The van der Waals surface area contributed by atoms with Crippen LogP contribution in [0, 0.1) is 0 Å². The van der Waals surface area contributed by atoms with Crippen LogP contribution < -0.4 is 11.1 Å². The van der Waals surface area contributed by atoms with E-state index in [1.807, 2.05) is 0 Å². The minimum atomic E-state index is -3.40. The molecule has 0 aliphatic rings. The second kappa shape index (κ2) is 5.97. The maximum absolute atomic E-state index is 12.1. The first-order valence-corrected chi connectivity index (χ1v) is 8.19. The molecule has 2 aromatic rings. The van der Waals surface area contributed by atoms with Crippen LogP contribution in [0.2, 0.25) is 0 Å². The molecule has 2 rings (SSSR count). The van der Waals surface area contributed by atoms with Crippen LogP contribution in [0.25, 0.3) is 0 Å². The van der Waals surface area contributed by atoms with E-state index in [1.54, 1.807) is 42.5 Å². The number of carbonyl (C=O) groups excluding carboxylic acids is 1. The molecule has 0 aliphatic heterocycles. The third kappa shape index (κ3) is 3.82. The first kappa shape index (κ1) is 15.1. The normalized spacial score (nSPS) is 11.1. The fourth-order valence-electron chi connectivity index (χ4n) is 1.96. The van der Waals surface area contributed by atoms with Gasteiger partial charge in [-0.15, -0.1) is 0 Å². The van der Waals surface area contributed by atoms with Crippen LogP contribution in [0.4, 0.5) is 11.4 Å². The number of sulfone groups is 1. The van der Waals surface area contributed by atoms with Crippen LogP contribution in [0.3, 0.4) is 0 Å². The van der Waals surface area contributed by atoms with Crippen LogP contribution in [-0.4, -0.2) is 20.6 Å². The number of carbonyl (C=O) groups is 1. The molecule has 3 N–H and O–H groups in total. The largest absolute Gasteiger partial charge is 0.398 e. The topological polar surface area (TPSA) is 89.3 Å². The van der Waals surface area contributed by atoms with E-state index in [0.717, 1.165) is 6.26 Å². The number of anilines is 2. The van der Waals surface area contributed by atoms with Gasteiger partial charge in [0.2, 0.25) is 5.91 Å². The lowest BCUT2D eigenvalue weighted by molar-refractivity contribution is -0.115. The summed E-state index contributed by atoms with van der Waals surface area (Å²) in [5.74, 6) is -0.316. The number of nitrogen functional groups attached to an aromatic ring is 1.